The summed E-state index contributed by atoms with van der Waals surface area (Å²) in [6, 6.07) is 9.09. The normalized spacial score (nSPS) is 9.31. The summed E-state index contributed by atoms with van der Waals surface area (Å²) in [5.74, 6) is -0.507. The number of anilines is 1. The van der Waals surface area contributed by atoms with E-state index in [4.69, 9.17) is 0 Å². The molecule has 16 heavy (non-hydrogen) atoms. The van der Waals surface area contributed by atoms with Crippen LogP contribution in [-0.4, -0.2) is 30.3 Å². The van der Waals surface area contributed by atoms with Gasteiger partial charge in [-0.1, -0.05) is 24.8 Å². The third kappa shape index (κ3) is 3.57. The molecule has 0 aliphatic heterocycles. The molecule has 1 rings (SSSR count). The summed E-state index contributed by atoms with van der Waals surface area (Å²) in [6.45, 7) is 3.36. The van der Waals surface area contributed by atoms with Gasteiger partial charge in [-0.3, -0.25) is 9.59 Å². The van der Waals surface area contributed by atoms with Crippen LogP contribution in [0.1, 0.15) is 0 Å². The van der Waals surface area contributed by atoms with E-state index in [1.54, 1.807) is 19.2 Å². The van der Waals surface area contributed by atoms with Gasteiger partial charge in [0.05, 0.1) is 6.54 Å². The van der Waals surface area contributed by atoms with Crippen LogP contribution in [0, 0.1) is 0 Å². The van der Waals surface area contributed by atoms with Crippen LogP contribution in [0.25, 0.3) is 0 Å². The quantitative estimate of drug-likeness (QED) is 0.774. The lowest BCUT2D eigenvalue weighted by Gasteiger charge is -2.14. The van der Waals surface area contributed by atoms with Crippen LogP contribution in [-0.2, 0) is 9.59 Å². The predicted octanol–water partition coefficient (Wildman–Crippen LogP) is 1.27. The summed E-state index contributed by atoms with van der Waals surface area (Å²) in [5.41, 5.74) is 0.715. The van der Waals surface area contributed by atoms with Gasteiger partial charge in [0.15, 0.2) is 0 Å². The van der Waals surface area contributed by atoms with E-state index in [9.17, 15) is 9.59 Å². The predicted molar refractivity (Wildman–Crippen MR) is 62.9 cm³/mol. The molecule has 0 spiro atoms. The summed E-state index contributed by atoms with van der Waals surface area (Å²) in [5, 5.41) is 2.68. The van der Waals surface area contributed by atoms with Gasteiger partial charge >= 0.3 is 0 Å². The Morgan fingerprint density at radius 3 is 2.56 bits per heavy atom. The first kappa shape index (κ1) is 12.0. The van der Waals surface area contributed by atoms with Crippen LogP contribution in [0.4, 0.5) is 5.69 Å². The maximum atomic E-state index is 11.5. The fraction of sp³-hybridized carbons (Fsp3) is 0.167. The Labute approximate surface area is 94.6 Å². The van der Waals surface area contributed by atoms with E-state index >= 15 is 0 Å². The number of carbonyl (C=O) groups excluding carboxylic acids is 2. The number of para-hydroxylation sites is 1. The Hall–Kier alpha value is -2.10. The molecule has 4 nitrogen and oxygen atoms in total. The van der Waals surface area contributed by atoms with Crippen LogP contribution >= 0.6 is 0 Å². The highest BCUT2D eigenvalue weighted by Gasteiger charge is 2.09. The standard InChI is InChI=1S/C12H14N2O2/c1-3-12(16)14(2)9-11(15)13-10-7-5-4-6-8-10/h3-8H,1,9H2,2H3,(H,13,15). The van der Waals surface area contributed by atoms with Crippen molar-refractivity contribution in [3.8, 4) is 0 Å². The lowest BCUT2D eigenvalue weighted by Crippen LogP contribution is -2.33. The number of nitrogens with one attached hydrogen (secondary N) is 1. The Morgan fingerprint density at radius 2 is 2.00 bits per heavy atom. The summed E-state index contributed by atoms with van der Waals surface area (Å²) in [7, 11) is 1.55. The van der Waals surface area contributed by atoms with Gasteiger partial charge in [-0.25, -0.2) is 0 Å². The van der Waals surface area contributed by atoms with Gasteiger partial charge in [0, 0.05) is 12.7 Å². The molecular formula is C12H14N2O2. The summed E-state index contributed by atoms with van der Waals surface area (Å²) >= 11 is 0. The molecule has 0 radical (unpaired) electrons. The van der Waals surface area contributed by atoms with Gasteiger partial charge in [0.2, 0.25) is 11.8 Å². The molecule has 0 bridgehead atoms. The van der Waals surface area contributed by atoms with Crippen molar-refractivity contribution in [3.63, 3.8) is 0 Å². The molecule has 0 aliphatic carbocycles. The van der Waals surface area contributed by atoms with Crippen LogP contribution in [0.2, 0.25) is 0 Å². The molecule has 1 aromatic rings. The number of hydrogen-bond donors (Lipinski definition) is 1. The number of benzene rings is 1. The Bertz CT molecular complexity index is 387. The second-order valence-electron chi connectivity index (χ2n) is 3.31. The second kappa shape index (κ2) is 5.70. The highest BCUT2D eigenvalue weighted by atomic mass is 16.2. The van der Waals surface area contributed by atoms with Crippen LogP contribution < -0.4 is 5.32 Å². The first-order valence-corrected chi connectivity index (χ1v) is 4.86. The van der Waals surface area contributed by atoms with Crippen molar-refractivity contribution >= 4 is 17.5 Å². The van der Waals surface area contributed by atoms with Crippen molar-refractivity contribution in [3.05, 3.63) is 43.0 Å². The smallest absolute Gasteiger partial charge is 0.246 e. The van der Waals surface area contributed by atoms with Crippen molar-refractivity contribution in [1.29, 1.82) is 0 Å². The van der Waals surface area contributed by atoms with E-state index in [1.165, 1.54) is 11.0 Å². The number of nitrogens with zero attached hydrogens (tertiary/aromatic N) is 1. The summed E-state index contributed by atoms with van der Waals surface area (Å²) < 4.78 is 0. The van der Waals surface area contributed by atoms with Crippen molar-refractivity contribution in [2.24, 2.45) is 0 Å². The number of carbonyl (C=O) groups is 2. The van der Waals surface area contributed by atoms with Crippen LogP contribution in [0.5, 0.6) is 0 Å². The molecule has 0 heterocycles. The highest BCUT2D eigenvalue weighted by molar-refractivity contribution is 5.96. The Balaban J connectivity index is 2.48. The number of amides is 2. The molecule has 0 fully saturated rings. The molecule has 0 saturated heterocycles. The average Bonchev–Trinajstić information content (AvgIpc) is 2.29. The Kier molecular flexibility index (Phi) is 4.27. The zero-order chi connectivity index (χ0) is 12.0. The fourth-order valence-electron chi connectivity index (χ4n) is 1.17. The molecule has 0 aromatic heterocycles. The Morgan fingerprint density at radius 1 is 1.38 bits per heavy atom. The molecule has 2 amide bonds. The molecule has 4 heteroatoms. The van der Waals surface area contributed by atoms with Gasteiger partial charge in [-0.2, -0.15) is 0 Å². The van der Waals surface area contributed by atoms with Gasteiger partial charge in [-0.15, -0.1) is 0 Å². The first-order valence-electron chi connectivity index (χ1n) is 4.86. The third-order valence-corrected chi connectivity index (χ3v) is 1.99. The maximum absolute atomic E-state index is 11.5. The summed E-state index contributed by atoms with van der Waals surface area (Å²) in [4.78, 5) is 23.9. The molecular weight excluding hydrogens is 204 g/mol. The van der Waals surface area contributed by atoms with Crippen LogP contribution in [0.3, 0.4) is 0 Å². The molecule has 0 aliphatic rings. The van der Waals surface area contributed by atoms with E-state index in [1.807, 2.05) is 18.2 Å². The molecule has 84 valence electrons. The third-order valence-electron chi connectivity index (χ3n) is 1.99. The van der Waals surface area contributed by atoms with Gasteiger partial charge in [0.1, 0.15) is 0 Å². The van der Waals surface area contributed by atoms with Crippen LogP contribution in [0.15, 0.2) is 43.0 Å². The van der Waals surface area contributed by atoms with Crippen molar-refractivity contribution in [2.45, 2.75) is 0 Å². The van der Waals surface area contributed by atoms with Gasteiger partial charge in [-0.05, 0) is 18.2 Å². The summed E-state index contributed by atoms with van der Waals surface area (Å²) in [6.07, 6.45) is 1.18. The van der Waals surface area contributed by atoms with Gasteiger partial charge < -0.3 is 10.2 Å². The molecule has 0 saturated carbocycles. The molecule has 0 atom stereocenters. The lowest BCUT2D eigenvalue weighted by molar-refractivity contribution is -0.129. The zero-order valence-corrected chi connectivity index (χ0v) is 9.14. The zero-order valence-electron chi connectivity index (χ0n) is 9.14. The number of hydrogen-bond acceptors (Lipinski definition) is 2. The minimum atomic E-state index is -0.275. The van der Waals surface area contributed by atoms with Crippen molar-refractivity contribution in [1.82, 2.24) is 4.90 Å². The molecule has 0 unspecified atom stereocenters. The van der Waals surface area contributed by atoms with E-state index in [0.717, 1.165) is 0 Å². The fourth-order valence-corrected chi connectivity index (χ4v) is 1.17. The number of rotatable bonds is 4. The first-order chi connectivity index (χ1) is 7.63. The molecule has 1 aromatic carbocycles. The van der Waals surface area contributed by atoms with Crippen molar-refractivity contribution in [2.75, 3.05) is 18.9 Å². The monoisotopic (exact) mass is 218 g/mol. The van der Waals surface area contributed by atoms with Gasteiger partial charge in [0.25, 0.3) is 0 Å². The topological polar surface area (TPSA) is 49.4 Å². The van der Waals surface area contributed by atoms with E-state index in [2.05, 4.69) is 11.9 Å². The van der Waals surface area contributed by atoms with Crippen molar-refractivity contribution < 1.29 is 9.59 Å². The largest absolute Gasteiger partial charge is 0.333 e. The minimum absolute atomic E-state index is 0.0136. The van der Waals surface area contributed by atoms with E-state index < -0.39 is 0 Å². The minimum Gasteiger partial charge on any atom is -0.333 e. The highest BCUT2D eigenvalue weighted by Crippen LogP contribution is 2.04. The van der Waals surface area contributed by atoms with E-state index in [0.29, 0.717) is 5.69 Å². The SMILES string of the molecule is C=CC(=O)N(C)CC(=O)Nc1ccccc1. The molecule has 1 N–H and O–H groups in total. The number of likely N-dealkylation sites (N-methyl/N-ethyl adjacent to an activating group) is 1. The maximum Gasteiger partial charge on any atom is 0.246 e. The van der Waals surface area contributed by atoms with E-state index in [-0.39, 0.29) is 18.4 Å². The lowest BCUT2D eigenvalue weighted by atomic mass is 10.3. The average molecular weight is 218 g/mol. The second-order valence-corrected chi connectivity index (χ2v) is 3.31.